The average Bonchev–Trinajstić information content (AvgIpc) is 2.71. The SMILES string of the molecule is FC(F)Oc1ccc(-c2cnc[nH]2)cc1. The fourth-order valence-electron chi connectivity index (χ4n) is 1.23. The highest BCUT2D eigenvalue weighted by Gasteiger charge is 2.04. The molecule has 0 saturated carbocycles. The zero-order valence-electron chi connectivity index (χ0n) is 7.65. The van der Waals surface area contributed by atoms with Crippen molar-refractivity contribution in [2.45, 2.75) is 6.61 Å². The van der Waals surface area contributed by atoms with Gasteiger partial charge in [-0.2, -0.15) is 8.78 Å². The van der Waals surface area contributed by atoms with Crippen LogP contribution in [-0.4, -0.2) is 16.6 Å². The molecule has 0 saturated heterocycles. The number of rotatable bonds is 3. The number of alkyl halides is 2. The highest BCUT2D eigenvalue weighted by atomic mass is 19.3. The summed E-state index contributed by atoms with van der Waals surface area (Å²) in [5.41, 5.74) is 1.70. The van der Waals surface area contributed by atoms with Crippen molar-refractivity contribution >= 4 is 0 Å². The van der Waals surface area contributed by atoms with Crippen molar-refractivity contribution in [3.05, 3.63) is 36.8 Å². The second kappa shape index (κ2) is 4.08. The molecule has 0 bridgehead atoms. The first kappa shape index (κ1) is 9.64. The summed E-state index contributed by atoms with van der Waals surface area (Å²) in [4.78, 5) is 6.78. The van der Waals surface area contributed by atoms with Crippen molar-refractivity contribution in [3.8, 4) is 17.0 Å². The van der Waals surface area contributed by atoms with Gasteiger partial charge in [0.2, 0.25) is 0 Å². The predicted octanol–water partition coefficient (Wildman–Crippen LogP) is 2.68. The van der Waals surface area contributed by atoms with Crippen molar-refractivity contribution in [2.24, 2.45) is 0 Å². The number of halogens is 2. The molecule has 0 amide bonds. The molecule has 0 unspecified atom stereocenters. The molecule has 0 aliphatic rings. The summed E-state index contributed by atoms with van der Waals surface area (Å²) in [5.74, 6) is 0.147. The van der Waals surface area contributed by atoms with Crippen LogP contribution in [-0.2, 0) is 0 Å². The van der Waals surface area contributed by atoms with Gasteiger partial charge in [-0.3, -0.25) is 0 Å². The third-order valence-corrected chi connectivity index (χ3v) is 1.89. The van der Waals surface area contributed by atoms with E-state index in [1.165, 1.54) is 12.1 Å². The van der Waals surface area contributed by atoms with Crippen molar-refractivity contribution in [2.75, 3.05) is 0 Å². The lowest BCUT2D eigenvalue weighted by molar-refractivity contribution is -0.0498. The number of aromatic amines is 1. The van der Waals surface area contributed by atoms with Crippen LogP contribution in [0.5, 0.6) is 5.75 Å². The molecule has 1 N–H and O–H groups in total. The summed E-state index contributed by atoms with van der Waals surface area (Å²) < 4.78 is 27.9. The predicted molar refractivity (Wildman–Crippen MR) is 50.7 cm³/mol. The normalized spacial score (nSPS) is 10.6. The molecule has 15 heavy (non-hydrogen) atoms. The fraction of sp³-hybridized carbons (Fsp3) is 0.100. The Hall–Kier alpha value is -1.91. The van der Waals surface area contributed by atoms with Crippen molar-refractivity contribution < 1.29 is 13.5 Å². The number of H-pyrrole nitrogens is 1. The number of hydrogen-bond acceptors (Lipinski definition) is 2. The Balaban J connectivity index is 2.17. The second-order valence-corrected chi connectivity index (χ2v) is 2.87. The molecule has 78 valence electrons. The van der Waals surface area contributed by atoms with E-state index in [1.54, 1.807) is 24.7 Å². The van der Waals surface area contributed by atoms with E-state index in [0.29, 0.717) is 0 Å². The van der Waals surface area contributed by atoms with Crippen LogP contribution in [0.15, 0.2) is 36.8 Å². The number of imidazole rings is 1. The fourth-order valence-corrected chi connectivity index (χ4v) is 1.23. The average molecular weight is 210 g/mol. The van der Waals surface area contributed by atoms with Crippen LogP contribution < -0.4 is 4.74 Å². The van der Waals surface area contributed by atoms with Gasteiger partial charge in [0.1, 0.15) is 5.75 Å². The molecular weight excluding hydrogens is 202 g/mol. The zero-order chi connectivity index (χ0) is 10.7. The molecule has 5 heteroatoms. The van der Waals surface area contributed by atoms with Crippen LogP contribution in [0, 0.1) is 0 Å². The maximum Gasteiger partial charge on any atom is 0.387 e. The van der Waals surface area contributed by atoms with E-state index in [9.17, 15) is 8.78 Å². The van der Waals surface area contributed by atoms with Crippen molar-refractivity contribution in [1.82, 2.24) is 9.97 Å². The Morgan fingerprint density at radius 3 is 2.47 bits per heavy atom. The molecule has 0 aliphatic heterocycles. The highest BCUT2D eigenvalue weighted by Crippen LogP contribution is 2.20. The smallest absolute Gasteiger partial charge is 0.387 e. The first-order valence-corrected chi connectivity index (χ1v) is 4.29. The van der Waals surface area contributed by atoms with Crippen LogP contribution in [0.3, 0.4) is 0 Å². The molecule has 2 aromatic rings. The van der Waals surface area contributed by atoms with Gasteiger partial charge in [0.15, 0.2) is 0 Å². The van der Waals surface area contributed by atoms with Gasteiger partial charge in [0, 0.05) is 0 Å². The summed E-state index contributed by atoms with van der Waals surface area (Å²) >= 11 is 0. The Labute approximate surface area is 84.7 Å². The first-order valence-electron chi connectivity index (χ1n) is 4.29. The zero-order valence-corrected chi connectivity index (χ0v) is 7.65. The molecule has 3 nitrogen and oxygen atoms in total. The Morgan fingerprint density at radius 1 is 1.20 bits per heavy atom. The maximum absolute atomic E-state index is 11.9. The number of aromatic nitrogens is 2. The molecule has 1 aromatic heterocycles. The van der Waals surface area contributed by atoms with E-state index in [0.717, 1.165) is 11.3 Å². The summed E-state index contributed by atoms with van der Waals surface area (Å²) in [7, 11) is 0. The van der Waals surface area contributed by atoms with Crippen molar-refractivity contribution in [1.29, 1.82) is 0 Å². The van der Waals surface area contributed by atoms with E-state index < -0.39 is 6.61 Å². The van der Waals surface area contributed by atoms with Crippen LogP contribution in [0.4, 0.5) is 8.78 Å². The molecule has 0 aliphatic carbocycles. The van der Waals surface area contributed by atoms with Crippen LogP contribution in [0.1, 0.15) is 0 Å². The van der Waals surface area contributed by atoms with Gasteiger partial charge in [-0.05, 0) is 29.8 Å². The monoisotopic (exact) mass is 210 g/mol. The van der Waals surface area contributed by atoms with Crippen molar-refractivity contribution in [3.63, 3.8) is 0 Å². The molecule has 1 aromatic carbocycles. The number of nitrogens with zero attached hydrogens (tertiary/aromatic N) is 1. The minimum atomic E-state index is -2.79. The van der Waals surface area contributed by atoms with E-state index in [4.69, 9.17) is 0 Å². The van der Waals surface area contributed by atoms with Gasteiger partial charge >= 0.3 is 6.61 Å². The minimum Gasteiger partial charge on any atom is -0.435 e. The summed E-state index contributed by atoms with van der Waals surface area (Å²) in [5, 5.41) is 0. The van der Waals surface area contributed by atoms with Crippen LogP contribution in [0.25, 0.3) is 11.3 Å². The van der Waals surface area contributed by atoms with Gasteiger partial charge in [0.05, 0.1) is 18.2 Å². The number of hydrogen-bond donors (Lipinski definition) is 1. The van der Waals surface area contributed by atoms with E-state index in [-0.39, 0.29) is 5.75 Å². The third kappa shape index (κ3) is 2.31. The lowest BCUT2D eigenvalue weighted by Crippen LogP contribution is -2.01. The Morgan fingerprint density at radius 2 is 1.93 bits per heavy atom. The molecule has 0 radical (unpaired) electrons. The second-order valence-electron chi connectivity index (χ2n) is 2.87. The molecular formula is C10H8F2N2O. The quantitative estimate of drug-likeness (QED) is 0.845. The lowest BCUT2D eigenvalue weighted by Gasteiger charge is -2.04. The summed E-state index contributed by atoms with van der Waals surface area (Å²) in [6.07, 6.45) is 3.21. The van der Waals surface area contributed by atoms with Gasteiger partial charge in [-0.15, -0.1) is 0 Å². The molecule has 0 spiro atoms. The highest BCUT2D eigenvalue weighted by molar-refractivity contribution is 5.58. The topological polar surface area (TPSA) is 37.9 Å². The van der Waals surface area contributed by atoms with Gasteiger partial charge in [-0.1, -0.05) is 0 Å². The summed E-state index contributed by atoms with van der Waals surface area (Å²) in [6.45, 7) is -2.79. The van der Waals surface area contributed by atoms with Gasteiger partial charge in [-0.25, -0.2) is 4.98 Å². The van der Waals surface area contributed by atoms with E-state index in [1.807, 2.05) is 0 Å². The van der Waals surface area contributed by atoms with Crippen LogP contribution >= 0.6 is 0 Å². The first-order chi connectivity index (χ1) is 7.25. The number of nitrogens with one attached hydrogen (secondary N) is 1. The standard InChI is InChI=1S/C10H8F2N2O/c11-10(12)15-8-3-1-7(2-4-8)9-5-13-6-14-9/h1-6,10H,(H,13,14). The lowest BCUT2D eigenvalue weighted by atomic mass is 10.2. The van der Waals surface area contributed by atoms with Gasteiger partial charge in [0.25, 0.3) is 0 Å². The Bertz CT molecular complexity index is 411. The largest absolute Gasteiger partial charge is 0.435 e. The van der Waals surface area contributed by atoms with E-state index in [2.05, 4.69) is 14.7 Å². The molecule has 2 rings (SSSR count). The minimum absolute atomic E-state index is 0.147. The molecule has 0 fully saturated rings. The number of ether oxygens (including phenoxy) is 1. The third-order valence-electron chi connectivity index (χ3n) is 1.89. The number of benzene rings is 1. The molecule has 1 heterocycles. The Kier molecular flexibility index (Phi) is 2.62. The summed E-state index contributed by atoms with van der Waals surface area (Å²) in [6, 6.07) is 6.35. The van der Waals surface area contributed by atoms with Crippen LogP contribution in [0.2, 0.25) is 0 Å². The molecule has 0 atom stereocenters. The van der Waals surface area contributed by atoms with E-state index >= 15 is 0 Å². The maximum atomic E-state index is 11.9. The van der Waals surface area contributed by atoms with Gasteiger partial charge < -0.3 is 9.72 Å².